The molecule has 0 aromatic carbocycles. The molecule has 1 aliphatic heterocycles. The average Bonchev–Trinajstić information content (AvgIpc) is 2.92. The highest BCUT2D eigenvalue weighted by atomic mass is 32.2. The van der Waals surface area contributed by atoms with Crippen molar-refractivity contribution in [1.29, 1.82) is 0 Å². The Morgan fingerprint density at radius 2 is 1.83 bits per heavy atom. The number of piperidine rings is 1. The molecule has 0 radical (unpaired) electrons. The van der Waals surface area contributed by atoms with Crippen LogP contribution in [0.1, 0.15) is 52.0 Å². The quantitative estimate of drug-likeness (QED) is 0.723. The molecule has 1 aliphatic rings. The van der Waals surface area contributed by atoms with Crippen molar-refractivity contribution in [2.45, 2.75) is 77.0 Å². The van der Waals surface area contributed by atoms with E-state index in [0.29, 0.717) is 25.9 Å². The Balaban J connectivity index is 1.87. The van der Waals surface area contributed by atoms with Crippen molar-refractivity contribution in [3.8, 4) is 0 Å². The lowest BCUT2D eigenvalue weighted by molar-refractivity contribution is -0.123. The van der Waals surface area contributed by atoms with Crippen LogP contribution in [0.4, 0.5) is 4.79 Å². The van der Waals surface area contributed by atoms with E-state index >= 15 is 0 Å². The first-order valence-electron chi connectivity index (χ1n) is 9.53. The van der Waals surface area contributed by atoms with Crippen molar-refractivity contribution in [3.05, 3.63) is 11.5 Å². The van der Waals surface area contributed by atoms with E-state index < -0.39 is 27.6 Å². The van der Waals surface area contributed by atoms with E-state index in [2.05, 4.69) is 15.2 Å². The van der Waals surface area contributed by atoms with Gasteiger partial charge in [0.15, 0.2) is 5.76 Å². The molecule has 2 amide bonds. The predicted octanol–water partition coefficient (Wildman–Crippen LogP) is 1.47. The molecule has 2 N–H and O–H groups in total. The molecule has 1 aromatic rings. The fourth-order valence-corrected chi connectivity index (χ4v) is 4.59. The maximum Gasteiger partial charge on any atom is 0.410 e. The summed E-state index contributed by atoms with van der Waals surface area (Å²) in [5.74, 6) is -0.270. The molecule has 0 aliphatic carbocycles. The molecule has 0 saturated carbocycles. The van der Waals surface area contributed by atoms with Gasteiger partial charge in [0, 0.05) is 19.1 Å². The number of rotatable bonds is 5. The van der Waals surface area contributed by atoms with E-state index in [4.69, 9.17) is 9.26 Å². The molecule has 1 aromatic heterocycles. The van der Waals surface area contributed by atoms with E-state index in [1.165, 1.54) is 20.8 Å². The zero-order valence-corrected chi connectivity index (χ0v) is 18.6. The molecule has 10 nitrogen and oxygen atoms in total. The Bertz CT molecular complexity index is 831. The summed E-state index contributed by atoms with van der Waals surface area (Å²) in [6.45, 7) is 10.8. The number of hydrogen-bond acceptors (Lipinski definition) is 7. The summed E-state index contributed by atoms with van der Waals surface area (Å²) in [6, 6.07) is -1.12. The molecule has 0 unspecified atom stereocenters. The smallest absolute Gasteiger partial charge is 0.410 e. The predicted molar refractivity (Wildman–Crippen MR) is 105 cm³/mol. The van der Waals surface area contributed by atoms with Gasteiger partial charge in [0.25, 0.3) is 0 Å². The van der Waals surface area contributed by atoms with Crippen molar-refractivity contribution in [2.75, 3.05) is 13.1 Å². The van der Waals surface area contributed by atoms with Gasteiger partial charge in [-0.25, -0.2) is 13.2 Å². The van der Waals surface area contributed by atoms with Crippen LogP contribution in [0, 0.1) is 13.8 Å². The maximum atomic E-state index is 12.5. The van der Waals surface area contributed by atoms with Crippen molar-refractivity contribution in [3.63, 3.8) is 0 Å². The Kier molecular flexibility index (Phi) is 6.94. The van der Waals surface area contributed by atoms with Crippen LogP contribution in [0.5, 0.6) is 0 Å². The summed E-state index contributed by atoms with van der Waals surface area (Å²) in [7, 11) is -3.94. The molecular formula is C18H30N4O6S. The minimum absolute atomic E-state index is 0.0529. The summed E-state index contributed by atoms with van der Waals surface area (Å²) < 4.78 is 37.7. The average molecular weight is 431 g/mol. The second-order valence-corrected chi connectivity index (χ2v) is 9.90. The van der Waals surface area contributed by atoms with Crippen LogP contribution in [0.25, 0.3) is 0 Å². The first kappa shape index (κ1) is 23.1. The highest BCUT2D eigenvalue weighted by Gasteiger charge is 2.31. The highest BCUT2D eigenvalue weighted by molar-refractivity contribution is 7.89. The first-order valence-corrected chi connectivity index (χ1v) is 11.0. The van der Waals surface area contributed by atoms with Crippen LogP contribution in [0.15, 0.2) is 9.42 Å². The van der Waals surface area contributed by atoms with E-state index in [9.17, 15) is 18.0 Å². The lowest BCUT2D eigenvalue weighted by Gasteiger charge is -2.34. The zero-order valence-electron chi connectivity index (χ0n) is 17.7. The highest BCUT2D eigenvalue weighted by Crippen LogP contribution is 2.19. The number of aryl methyl sites for hydroxylation is 2. The number of nitrogens with one attached hydrogen (secondary N) is 2. The third-order valence-corrected chi connectivity index (χ3v) is 6.24. The summed E-state index contributed by atoms with van der Waals surface area (Å²) >= 11 is 0. The Labute approximate surface area is 171 Å². The van der Waals surface area contributed by atoms with Gasteiger partial charge in [-0.1, -0.05) is 5.16 Å². The van der Waals surface area contributed by atoms with Gasteiger partial charge in [0.2, 0.25) is 15.9 Å². The molecule has 1 atom stereocenters. The number of carbonyl (C=O) groups excluding carboxylic acids is 2. The van der Waals surface area contributed by atoms with Crippen molar-refractivity contribution in [2.24, 2.45) is 0 Å². The molecule has 1 saturated heterocycles. The molecule has 1 fully saturated rings. The molecular weight excluding hydrogens is 400 g/mol. The normalized spacial score (nSPS) is 17.1. The Hall–Kier alpha value is -2.14. The van der Waals surface area contributed by atoms with Gasteiger partial charge < -0.3 is 19.5 Å². The Morgan fingerprint density at radius 1 is 1.24 bits per heavy atom. The van der Waals surface area contributed by atoms with Crippen molar-refractivity contribution >= 4 is 22.0 Å². The summed E-state index contributed by atoms with van der Waals surface area (Å²) in [6.07, 6.45) is 0.755. The van der Waals surface area contributed by atoms with Gasteiger partial charge in [-0.2, -0.15) is 4.72 Å². The molecule has 164 valence electrons. The molecule has 0 spiro atoms. The van der Waals surface area contributed by atoms with Crippen LogP contribution in [0.3, 0.4) is 0 Å². The topological polar surface area (TPSA) is 131 Å². The fraction of sp³-hybridized carbons (Fsp3) is 0.722. The van der Waals surface area contributed by atoms with Crippen LogP contribution in [-0.2, 0) is 19.6 Å². The number of hydrogen-bond donors (Lipinski definition) is 2. The number of likely N-dealkylation sites (tertiary alicyclic amines) is 1. The number of amides is 2. The van der Waals surface area contributed by atoms with Crippen LogP contribution >= 0.6 is 0 Å². The second-order valence-electron chi connectivity index (χ2n) is 8.25. The maximum absolute atomic E-state index is 12.5. The van der Waals surface area contributed by atoms with Gasteiger partial charge in [0.05, 0.1) is 6.04 Å². The number of aromatic nitrogens is 1. The molecule has 11 heteroatoms. The minimum atomic E-state index is -3.94. The molecule has 0 bridgehead atoms. The van der Waals surface area contributed by atoms with Crippen LogP contribution in [-0.4, -0.2) is 61.2 Å². The second kappa shape index (κ2) is 8.70. The largest absolute Gasteiger partial charge is 0.444 e. The van der Waals surface area contributed by atoms with Crippen LogP contribution < -0.4 is 10.0 Å². The van der Waals surface area contributed by atoms with Gasteiger partial charge in [-0.3, -0.25) is 4.79 Å². The van der Waals surface area contributed by atoms with Crippen molar-refractivity contribution < 1.29 is 27.3 Å². The molecule has 2 rings (SSSR count). The number of carbonyl (C=O) groups is 2. The summed E-state index contributed by atoms with van der Waals surface area (Å²) in [4.78, 5) is 26.1. The minimum Gasteiger partial charge on any atom is -0.444 e. The lowest BCUT2D eigenvalue weighted by Crippen LogP contribution is -2.52. The van der Waals surface area contributed by atoms with Gasteiger partial charge in [0.1, 0.15) is 16.2 Å². The standard InChI is InChI=1S/C18H30N4O6S/c1-11-15(13(3)28-20-11)29(25,26)21-12(2)16(23)19-14-7-9-22(10-8-14)17(24)27-18(4,5)6/h12,14,21H,7-10H2,1-6H3,(H,19,23)/t12-/m0/s1. The zero-order chi connectivity index (χ0) is 22.0. The van der Waals surface area contributed by atoms with Gasteiger partial charge >= 0.3 is 6.09 Å². The monoisotopic (exact) mass is 430 g/mol. The first-order chi connectivity index (χ1) is 13.3. The summed E-state index contributed by atoms with van der Waals surface area (Å²) in [5.41, 5.74) is -0.326. The van der Waals surface area contributed by atoms with E-state index in [0.717, 1.165) is 0 Å². The van der Waals surface area contributed by atoms with Gasteiger partial charge in [-0.05, 0) is 54.4 Å². The van der Waals surface area contributed by atoms with Gasteiger partial charge in [-0.15, -0.1) is 0 Å². The lowest BCUT2D eigenvalue weighted by atomic mass is 10.1. The number of nitrogens with zero attached hydrogens (tertiary/aromatic N) is 2. The molecule has 2 heterocycles. The van der Waals surface area contributed by atoms with Crippen molar-refractivity contribution in [1.82, 2.24) is 20.1 Å². The third kappa shape index (κ3) is 6.17. The fourth-order valence-electron chi connectivity index (χ4n) is 3.06. The molecule has 29 heavy (non-hydrogen) atoms. The van der Waals surface area contributed by atoms with E-state index in [1.54, 1.807) is 4.90 Å². The number of sulfonamides is 1. The van der Waals surface area contributed by atoms with Crippen LogP contribution in [0.2, 0.25) is 0 Å². The van der Waals surface area contributed by atoms with E-state index in [-0.39, 0.29) is 28.5 Å². The SMILES string of the molecule is Cc1noc(C)c1S(=O)(=O)N[C@@H](C)C(=O)NC1CCN(C(=O)OC(C)(C)C)CC1. The van der Waals surface area contributed by atoms with E-state index in [1.807, 2.05) is 20.8 Å². The Morgan fingerprint density at radius 3 is 2.31 bits per heavy atom. The summed E-state index contributed by atoms with van der Waals surface area (Å²) in [5, 5.41) is 6.47. The third-order valence-electron chi connectivity index (χ3n) is 4.45. The number of ether oxygens (including phenoxy) is 1.